The van der Waals surface area contributed by atoms with Gasteiger partial charge in [-0.3, -0.25) is 0 Å². The molecule has 1 saturated heterocycles. The van der Waals surface area contributed by atoms with Gasteiger partial charge in [0.15, 0.2) is 0 Å². The Labute approximate surface area is 86.7 Å². The van der Waals surface area contributed by atoms with E-state index in [9.17, 15) is 10.3 Å². The first-order valence-electron chi connectivity index (χ1n) is 5.57. The zero-order valence-electron chi connectivity index (χ0n) is 9.53. The van der Waals surface area contributed by atoms with E-state index in [0.717, 1.165) is 19.3 Å². The second-order valence-corrected chi connectivity index (χ2v) is 5.20. The van der Waals surface area contributed by atoms with E-state index in [1.54, 1.807) is 0 Å². The third-order valence-electron chi connectivity index (χ3n) is 3.41. The van der Waals surface area contributed by atoms with E-state index in [1.165, 1.54) is 5.06 Å². The molecule has 0 bridgehead atoms. The van der Waals surface area contributed by atoms with E-state index < -0.39 is 0 Å². The van der Waals surface area contributed by atoms with Crippen LogP contribution in [0, 0.1) is 11.3 Å². The van der Waals surface area contributed by atoms with Crippen molar-refractivity contribution in [2.75, 3.05) is 13.1 Å². The lowest BCUT2D eigenvalue weighted by Gasteiger charge is -2.41. The fourth-order valence-electron chi connectivity index (χ4n) is 2.46. The van der Waals surface area contributed by atoms with Crippen molar-refractivity contribution in [1.29, 1.82) is 0 Å². The largest absolute Gasteiger partial charge is 0.392 e. The van der Waals surface area contributed by atoms with Crippen molar-refractivity contribution in [2.24, 2.45) is 11.3 Å². The molecule has 0 spiro atoms. The third kappa shape index (κ3) is 2.94. The fourth-order valence-corrected chi connectivity index (χ4v) is 2.46. The minimum Gasteiger partial charge on any atom is -0.392 e. The summed E-state index contributed by atoms with van der Waals surface area (Å²) in [4.78, 5) is 0. The summed E-state index contributed by atoms with van der Waals surface area (Å²) in [5, 5.41) is 20.3. The molecule has 1 unspecified atom stereocenters. The van der Waals surface area contributed by atoms with Gasteiger partial charge in [-0.25, -0.2) is 0 Å². The summed E-state index contributed by atoms with van der Waals surface area (Å²) in [5.41, 5.74) is 0.219. The molecule has 0 saturated carbocycles. The maximum absolute atomic E-state index is 9.58. The normalized spacial score (nSPS) is 30.6. The molecule has 2 atom stereocenters. The maximum atomic E-state index is 9.58. The predicted molar refractivity (Wildman–Crippen MR) is 56.2 cm³/mol. The van der Waals surface area contributed by atoms with E-state index in [0.29, 0.717) is 19.0 Å². The Bertz CT molecular complexity index is 172. The Morgan fingerprint density at radius 1 is 1.36 bits per heavy atom. The monoisotopic (exact) mass is 201 g/mol. The topological polar surface area (TPSA) is 43.7 Å². The van der Waals surface area contributed by atoms with Gasteiger partial charge in [0, 0.05) is 13.1 Å². The SMILES string of the molecule is CCCC(C)(C)C1C[C@H](O)CN(O)C1. The number of aliphatic hydroxyl groups is 1. The fraction of sp³-hybridized carbons (Fsp3) is 1.00. The highest BCUT2D eigenvalue weighted by Crippen LogP contribution is 2.37. The predicted octanol–water partition coefficient (Wildman–Crippen LogP) is 1.88. The van der Waals surface area contributed by atoms with Crippen molar-refractivity contribution >= 4 is 0 Å². The molecule has 1 aliphatic heterocycles. The van der Waals surface area contributed by atoms with Crippen LogP contribution in [0.3, 0.4) is 0 Å². The summed E-state index contributed by atoms with van der Waals surface area (Å²) in [6, 6.07) is 0. The Kier molecular flexibility index (Phi) is 3.93. The van der Waals surface area contributed by atoms with Gasteiger partial charge >= 0.3 is 0 Å². The van der Waals surface area contributed by atoms with E-state index in [2.05, 4.69) is 20.8 Å². The molecule has 1 rings (SSSR count). The Morgan fingerprint density at radius 3 is 2.50 bits per heavy atom. The summed E-state index contributed by atoms with van der Waals surface area (Å²) in [7, 11) is 0. The van der Waals surface area contributed by atoms with Gasteiger partial charge in [-0.15, -0.1) is 0 Å². The molecule has 1 aliphatic rings. The van der Waals surface area contributed by atoms with E-state index in [4.69, 9.17) is 0 Å². The minimum absolute atomic E-state index is 0.219. The molecule has 3 heteroatoms. The highest BCUT2D eigenvalue weighted by Gasteiger charge is 2.35. The molecule has 0 radical (unpaired) electrons. The summed E-state index contributed by atoms with van der Waals surface area (Å²) in [6.07, 6.45) is 2.77. The first kappa shape index (κ1) is 12.0. The molecular formula is C11H23NO2. The van der Waals surface area contributed by atoms with Gasteiger partial charge in [-0.05, 0) is 24.2 Å². The molecule has 0 aromatic heterocycles. The van der Waals surface area contributed by atoms with Crippen LogP contribution in [0.2, 0.25) is 0 Å². The maximum Gasteiger partial charge on any atom is 0.0693 e. The smallest absolute Gasteiger partial charge is 0.0693 e. The van der Waals surface area contributed by atoms with Crippen LogP contribution >= 0.6 is 0 Å². The molecule has 14 heavy (non-hydrogen) atoms. The molecule has 0 aromatic carbocycles. The van der Waals surface area contributed by atoms with Crippen molar-refractivity contribution in [3.05, 3.63) is 0 Å². The van der Waals surface area contributed by atoms with Gasteiger partial charge in [0.1, 0.15) is 0 Å². The highest BCUT2D eigenvalue weighted by molar-refractivity contribution is 4.85. The third-order valence-corrected chi connectivity index (χ3v) is 3.41. The molecule has 0 aliphatic carbocycles. The van der Waals surface area contributed by atoms with E-state index in [-0.39, 0.29) is 11.5 Å². The zero-order chi connectivity index (χ0) is 10.8. The van der Waals surface area contributed by atoms with Gasteiger partial charge in [-0.1, -0.05) is 27.2 Å². The van der Waals surface area contributed by atoms with Crippen molar-refractivity contribution in [2.45, 2.75) is 46.1 Å². The average Bonchev–Trinajstić information content (AvgIpc) is 2.02. The molecule has 1 heterocycles. The number of hydroxylamine groups is 2. The number of β-amino-alcohol motifs (C(OH)–C–C–N with tert-alkyl or cyclic N) is 1. The van der Waals surface area contributed by atoms with Crippen molar-refractivity contribution in [3.8, 4) is 0 Å². The number of piperidine rings is 1. The molecule has 2 N–H and O–H groups in total. The quantitative estimate of drug-likeness (QED) is 0.733. The Hall–Kier alpha value is -0.120. The van der Waals surface area contributed by atoms with Gasteiger partial charge < -0.3 is 10.3 Å². The van der Waals surface area contributed by atoms with E-state index >= 15 is 0 Å². The number of hydrogen-bond donors (Lipinski definition) is 2. The van der Waals surface area contributed by atoms with Crippen LogP contribution in [0.1, 0.15) is 40.0 Å². The average molecular weight is 201 g/mol. The number of hydrogen-bond acceptors (Lipinski definition) is 3. The van der Waals surface area contributed by atoms with Crippen LogP contribution in [-0.2, 0) is 0 Å². The van der Waals surface area contributed by atoms with Crippen molar-refractivity contribution < 1.29 is 10.3 Å². The first-order chi connectivity index (χ1) is 6.45. The standard InChI is InChI=1S/C11H23NO2/c1-4-5-11(2,3)9-6-10(13)8-12(14)7-9/h9-10,13-14H,4-8H2,1-3H3/t9?,10-/m0/s1. The van der Waals surface area contributed by atoms with Gasteiger partial charge in [-0.2, -0.15) is 5.06 Å². The molecular weight excluding hydrogens is 178 g/mol. The lowest BCUT2D eigenvalue weighted by Crippen LogP contribution is -2.46. The van der Waals surface area contributed by atoms with Crippen LogP contribution in [-0.4, -0.2) is 34.6 Å². The van der Waals surface area contributed by atoms with Crippen LogP contribution in [0.5, 0.6) is 0 Å². The van der Waals surface area contributed by atoms with Crippen LogP contribution < -0.4 is 0 Å². The number of rotatable bonds is 3. The lowest BCUT2D eigenvalue weighted by atomic mass is 9.72. The molecule has 0 amide bonds. The van der Waals surface area contributed by atoms with Crippen molar-refractivity contribution in [3.63, 3.8) is 0 Å². The highest BCUT2D eigenvalue weighted by atomic mass is 16.5. The van der Waals surface area contributed by atoms with E-state index in [1.807, 2.05) is 0 Å². The minimum atomic E-state index is -0.366. The number of nitrogens with zero attached hydrogens (tertiary/aromatic N) is 1. The molecule has 0 aromatic rings. The lowest BCUT2D eigenvalue weighted by molar-refractivity contribution is -0.161. The second kappa shape index (κ2) is 4.60. The van der Waals surface area contributed by atoms with Gasteiger partial charge in [0.05, 0.1) is 6.10 Å². The van der Waals surface area contributed by atoms with Gasteiger partial charge in [0.25, 0.3) is 0 Å². The first-order valence-corrected chi connectivity index (χ1v) is 5.57. The number of aliphatic hydroxyl groups excluding tert-OH is 1. The van der Waals surface area contributed by atoms with Crippen LogP contribution in [0.25, 0.3) is 0 Å². The van der Waals surface area contributed by atoms with Gasteiger partial charge in [0.2, 0.25) is 0 Å². The molecule has 1 fully saturated rings. The summed E-state index contributed by atoms with van der Waals surface area (Å²) in [6.45, 7) is 7.74. The summed E-state index contributed by atoms with van der Waals surface area (Å²) in [5.74, 6) is 0.399. The summed E-state index contributed by atoms with van der Waals surface area (Å²) < 4.78 is 0. The molecule has 3 nitrogen and oxygen atoms in total. The van der Waals surface area contributed by atoms with Crippen molar-refractivity contribution in [1.82, 2.24) is 5.06 Å². The second-order valence-electron chi connectivity index (χ2n) is 5.20. The Balaban J connectivity index is 2.57. The zero-order valence-corrected chi connectivity index (χ0v) is 9.53. The molecule has 84 valence electrons. The Morgan fingerprint density at radius 2 is 2.00 bits per heavy atom. The van der Waals surface area contributed by atoms with Crippen LogP contribution in [0.15, 0.2) is 0 Å². The van der Waals surface area contributed by atoms with Crippen LogP contribution in [0.4, 0.5) is 0 Å². The summed E-state index contributed by atoms with van der Waals surface area (Å²) >= 11 is 0.